The Morgan fingerprint density at radius 1 is 1.59 bits per heavy atom. The first kappa shape index (κ1) is 14.2. The Kier molecular flexibility index (Phi) is 3.66. The van der Waals surface area contributed by atoms with Crippen LogP contribution in [0.25, 0.3) is 0 Å². The first-order chi connectivity index (χ1) is 7.63. The fourth-order valence-electron chi connectivity index (χ4n) is 2.08. The molecule has 0 aromatic rings. The van der Waals surface area contributed by atoms with Crippen LogP contribution in [0.15, 0.2) is 0 Å². The molecule has 0 aromatic heterocycles. The number of hydrogen-bond acceptors (Lipinski definition) is 4. The van der Waals surface area contributed by atoms with Gasteiger partial charge >= 0.3 is 12.1 Å². The molecular formula is C11H19NO4S. The summed E-state index contributed by atoms with van der Waals surface area (Å²) in [6, 6.07) is -0.885. The van der Waals surface area contributed by atoms with Crippen LogP contribution in [0.3, 0.4) is 0 Å². The summed E-state index contributed by atoms with van der Waals surface area (Å²) < 4.78 is 4.40. The highest BCUT2D eigenvalue weighted by Crippen LogP contribution is 2.39. The van der Waals surface area contributed by atoms with Crippen LogP contribution in [0.5, 0.6) is 0 Å². The molecule has 1 N–H and O–H groups in total. The van der Waals surface area contributed by atoms with Crippen LogP contribution in [-0.2, 0) is 9.53 Å². The van der Waals surface area contributed by atoms with Crippen LogP contribution in [0, 0.1) is 0 Å². The molecule has 1 amide bonds. The molecule has 0 radical (unpaired) electrons. The number of thioether (sulfide) groups is 1. The zero-order valence-corrected chi connectivity index (χ0v) is 11.6. The molecule has 98 valence electrons. The fraction of sp³-hybridized carbons (Fsp3) is 0.818. The number of ether oxygens (including phenoxy) is 1. The number of hydrogen-bond donors (Lipinski definition) is 1. The maximum Gasteiger partial charge on any atom is 0.415 e. The van der Waals surface area contributed by atoms with Crippen LogP contribution in [-0.4, -0.2) is 44.3 Å². The van der Waals surface area contributed by atoms with E-state index in [1.165, 1.54) is 16.7 Å². The lowest BCUT2D eigenvalue weighted by atomic mass is 9.98. The largest absolute Gasteiger partial charge is 0.480 e. The van der Waals surface area contributed by atoms with Crippen molar-refractivity contribution in [1.82, 2.24) is 4.90 Å². The van der Waals surface area contributed by atoms with Crippen LogP contribution in [0.1, 0.15) is 34.6 Å². The van der Waals surface area contributed by atoms with Crippen molar-refractivity contribution in [2.45, 2.75) is 51.1 Å². The Balaban J connectivity index is 3.02. The molecular weight excluding hydrogens is 242 g/mol. The molecule has 0 aliphatic carbocycles. The Morgan fingerprint density at radius 3 is 2.41 bits per heavy atom. The van der Waals surface area contributed by atoms with Crippen LogP contribution < -0.4 is 0 Å². The predicted molar refractivity (Wildman–Crippen MR) is 66.0 cm³/mol. The number of carboxylic acids is 1. The summed E-state index contributed by atoms with van der Waals surface area (Å²) in [5.41, 5.74) is -0.842. The van der Waals surface area contributed by atoms with Gasteiger partial charge in [-0.05, 0) is 33.4 Å². The Bertz CT molecular complexity index is 340. The highest BCUT2D eigenvalue weighted by Gasteiger charge is 2.56. The number of amides is 1. The Hall–Kier alpha value is -0.910. The van der Waals surface area contributed by atoms with Gasteiger partial charge in [-0.3, -0.25) is 4.90 Å². The molecule has 1 aliphatic rings. The average molecular weight is 261 g/mol. The molecule has 1 aliphatic heterocycles. The Labute approximate surface area is 105 Å². The molecule has 5 nitrogen and oxygen atoms in total. The van der Waals surface area contributed by atoms with Crippen molar-refractivity contribution in [1.29, 1.82) is 0 Å². The highest BCUT2D eigenvalue weighted by molar-refractivity contribution is 8.00. The van der Waals surface area contributed by atoms with E-state index in [-0.39, 0.29) is 0 Å². The van der Waals surface area contributed by atoms with E-state index >= 15 is 0 Å². The van der Waals surface area contributed by atoms with Crippen molar-refractivity contribution in [2.75, 3.05) is 5.75 Å². The number of carboxylic acid groups (broad SMARTS) is 1. The third-order valence-electron chi connectivity index (χ3n) is 2.78. The first-order valence-electron chi connectivity index (χ1n) is 5.52. The zero-order valence-electron chi connectivity index (χ0n) is 10.8. The van der Waals surface area contributed by atoms with Crippen molar-refractivity contribution in [3.05, 3.63) is 0 Å². The van der Waals surface area contributed by atoms with Gasteiger partial charge in [0.15, 0.2) is 11.8 Å². The summed E-state index contributed by atoms with van der Waals surface area (Å²) in [6.45, 7) is 9.02. The van der Waals surface area contributed by atoms with Gasteiger partial charge in [-0.1, -0.05) is 6.92 Å². The summed E-state index contributed by atoms with van der Waals surface area (Å²) >= 11 is 1.52. The number of cyclic esters (lactones) is 1. The number of carbonyl (C=O) groups excluding carboxylic acids is 1. The van der Waals surface area contributed by atoms with E-state index < -0.39 is 28.6 Å². The predicted octanol–water partition coefficient (Wildman–Crippen LogP) is 2.16. The Morgan fingerprint density at radius 2 is 2.12 bits per heavy atom. The summed E-state index contributed by atoms with van der Waals surface area (Å²) in [4.78, 5) is 24.2. The maximum absolute atomic E-state index is 11.5. The van der Waals surface area contributed by atoms with E-state index in [4.69, 9.17) is 4.74 Å². The number of nitrogens with zero attached hydrogens (tertiary/aromatic N) is 1. The summed E-state index contributed by atoms with van der Waals surface area (Å²) in [6.07, 6.45) is -0.563. The summed E-state index contributed by atoms with van der Waals surface area (Å²) in [5, 5.41) is 9.36. The minimum absolute atomic E-state index is 0.558. The molecule has 1 saturated heterocycles. The van der Waals surface area contributed by atoms with Gasteiger partial charge in [-0.15, -0.1) is 0 Å². The van der Waals surface area contributed by atoms with Gasteiger partial charge in [0.1, 0.15) is 0 Å². The molecule has 0 bridgehead atoms. The SMILES string of the molecule is CCSC(C)(C)C(C(=O)O)N1C(=O)OC1(C)C. The monoisotopic (exact) mass is 261 g/mol. The van der Waals surface area contributed by atoms with E-state index in [9.17, 15) is 14.7 Å². The molecule has 6 heteroatoms. The number of rotatable bonds is 5. The average Bonchev–Trinajstić information content (AvgIpc) is 2.12. The van der Waals surface area contributed by atoms with E-state index in [1.807, 2.05) is 20.8 Å². The minimum Gasteiger partial charge on any atom is -0.480 e. The highest BCUT2D eigenvalue weighted by atomic mass is 32.2. The van der Waals surface area contributed by atoms with E-state index in [1.54, 1.807) is 13.8 Å². The normalized spacial score (nSPS) is 20.5. The second-order valence-electron chi connectivity index (χ2n) is 4.96. The molecule has 1 atom stereocenters. The quantitative estimate of drug-likeness (QED) is 0.821. The lowest BCUT2D eigenvalue weighted by Gasteiger charge is -2.52. The van der Waals surface area contributed by atoms with Gasteiger partial charge in [0, 0.05) is 4.75 Å². The molecule has 0 spiro atoms. The van der Waals surface area contributed by atoms with Crippen molar-refractivity contribution >= 4 is 23.8 Å². The van der Waals surface area contributed by atoms with Gasteiger partial charge in [0.25, 0.3) is 0 Å². The lowest BCUT2D eigenvalue weighted by Crippen LogP contribution is -2.71. The van der Waals surface area contributed by atoms with Crippen molar-refractivity contribution in [2.24, 2.45) is 0 Å². The molecule has 1 rings (SSSR count). The molecule has 1 fully saturated rings. The maximum atomic E-state index is 11.5. The van der Waals surface area contributed by atoms with E-state index in [0.29, 0.717) is 0 Å². The standard InChI is InChI=1S/C11H19NO4S/c1-6-17-10(2,3)7(8(13)14)12-9(15)16-11(12,4)5/h7H,6H2,1-5H3,(H,13,14). The molecule has 17 heavy (non-hydrogen) atoms. The summed E-state index contributed by atoms with van der Waals surface area (Å²) in [5.74, 6) is -0.208. The van der Waals surface area contributed by atoms with Gasteiger partial charge < -0.3 is 9.84 Å². The van der Waals surface area contributed by atoms with Crippen molar-refractivity contribution in [3.8, 4) is 0 Å². The van der Waals surface area contributed by atoms with Crippen LogP contribution >= 0.6 is 11.8 Å². The summed E-state index contributed by atoms with van der Waals surface area (Å²) in [7, 11) is 0. The lowest BCUT2D eigenvalue weighted by molar-refractivity contribution is -0.194. The molecule has 1 unspecified atom stereocenters. The minimum atomic E-state index is -0.999. The molecule has 0 saturated carbocycles. The third kappa shape index (κ3) is 2.51. The van der Waals surface area contributed by atoms with Gasteiger partial charge in [0.2, 0.25) is 0 Å². The number of carbonyl (C=O) groups is 2. The van der Waals surface area contributed by atoms with Crippen LogP contribution in [0.2, 0.25) is 0 Å². The second kappa shape index (κ2) is 4.40. The van der Waals surface area contributed by atoms with Gasteiger partial charge in [-0.25, -0.2) is 9.59 Å². The topological polar surface area (TPSA) is 66.8 Å². The van der Waals surface area contributed by atoms with Crippen molar-refractivity contribution in [3.63, 3.8) is 0 Å². The third-order valence-corrected chi connectivity index (χ3v) is 4.04. The van der Waals surface area contributed by atoms with Crippen molar-refractivity contribution < 1.29 is 19.4 Å². The molecule has 0 aromatic carbocycles. The fourth-order valence-corrected chi connectivity index (χ4v) is 3.19. The number of aliphatic carboxylic acids is 1. The second-order valence-corrected chi connectivity index (χ2v) is 6.88. The first-order valence-corrected chi connectivity index (χ1v) is 6.51. The van der Waals surface area contributed by atoms with E-state index in [2.05, 4.69) is 0 Å². The zero-order chi connectivity index (χ0) is 13.4. The van der Waals surface area contributed by atoms with Gasteiger partial charge in [0.05, 0.1) is 0 Å². The van der Waals surface area contributed by atoms with E-state index in [0.717, 1.165) is 5.75 Å². The molecule has 1 heterocycles. The van der Waals surface area contributed by atoms with Crippen LogP contribution in [0.4, 0.5) is 4.79 Å². The van der Waals surface area contributed by atoms with Gasteiger partial charge in [-0.2, -0.15) is 11.8 Å². The smallest absolute Gasteiger partial charge is 0.415 e.